The van der Waals surface area contributed by atoms with E-state index in [2.05, 4.69) is 189 Å². The highest BCUT2D eigenvalue weighted by atomic mass is 16.3. The van der Waals surface area contributed by atoms with Crippen LogP contribution in [0.3, 0.4) is 0 Å². The molecule has 1 N–H and O–H groups in total. The average molecular weight is 715 g/mol. The number of hydrogen-bond donors (Lipinski definition) is 1. The van der Waals surface area contributed by atoms with E-state index in [0.29, 0.717) is 5.92 Å². The van der Waals surface area contributed by atoms with Gasteiger partial charge >= 0.3 is 0 Å². The van der Waals surface area contributed by atoms with Crippen molar-refractivity contribution >= 4 is 44.5 Å². The van der Waals surface area contributed by atoms with E-state index >= 15 is 0 Å². The van der Waals surface area contributed by atoms with Gasteiger partial charge in [0.1, 0.15) is 5.58 Å². The predicted octanol–water partition coefficient (Wildman–Crippen LogP) is 13.8. The highest BCUT2D eigenvalue weighted by Crippen LogP contribution is 2.53. The topological polar surface area (TPSA) is 28.4 Å². The van der Waals surface area contributed by atoms with Crippen LogP contribution in [0.1, 0.15) is 63.1 Å². The van der Waals surface area contributed by atoms with Crippen LogP contribution in [0, 0.1) is 5.92 Å². The molecule has 1 aromatic heterocycles. The molecule has 0 saturated carbocycles. The van der Waals surface area contributed by atoms with Gasteiger partial charge in [-0.25, -0.2) is 0 Å². The second-order valence-electron chi connectivity index (χ2n) is 16.1. The molecule has 4 aliphatic rings. The molecule has 0 radical (unpaired) electrons. The van der Waals surface area contributed by atoms with Gasteiger partial charge < -0.3 is 14.6 Å². The van der Waals surface area contributed by atoms with Gasteiger partial charge in [0.25, 0.3) is 0 Å². The first kappa shape index (κ1) is 33.5. The second-order valence-corrected chi connectivity index (χ2v) is 16.1. The lowest BCUT2D eigenvalue weighted by Crippen LogP contribution is -2.35. The van der Waals surface area contributed by atoms with Gasteiger partial charge in [-0.3, -0.25) is 0 Å². The third-order valence-electron chi connectivity index (χ3n) is 12.3. The van der Waals surface area contributed by atoms with E-state index in [1.165, 1.54) is 50.2 Å². The zero-order valence-corrected chi connectivity index (χ0v) is 31.8. The molecule has 0 saturated heterocycles. The molecular weight excluding hydrogens is 669 g/mol. The van der Waals surface area contributed by atoms with Crippen LogP contribution in [0.2, 0.25) is 0 Å². The molecule has 6 aromatic rings. The number of para-hydroxylation sites is 3. The van der Waals surface area contributed by atoms with Crippen molar-refractivity contribution in [2.75, 3.05) is 10.2 Å². The predicted molar refractivity (Wildman–Crippen MR) is 232 cm³/mol. The van der Waals surface area contributed by atoms with E-state index in [0.717, 1.165) is 64.7 Å². The molecule has 0 bridgehead atoms. The fourth-order valence-corrected chi connectivity index (χ4v) is 9.31. The number of benzene rings is 5. The molecule has 3 nitrogen and oxygen atoms in total. The summed E-state index contributed by atoms with van der Waals surface area (Å²) in [6.07, 6.45) is 20.4. The lowest BCUT2D eigenvalue weighted by atomic mass is 9.79. The number of furan rings is 1. The monoisotopic (exact) mass is 714 g/mol. The molecule has 0 fully saturated rings. The Bertz CT molecular complexity index is 2680. The summed E-state index contributed by atoms with van der Waals surface area (Å²) in [6, 6.07) is 41.8. The number of allylic oxidation sites excluding steroid dienone is 9. The molecule has 1 heterocycles. The molecule has 2 atom stereocenters. The van der Waals surface area contributed by atoms with Gasteiger partial charge in [-0.15, -0.1) is 0 Å². The van der Waals surface area contributed by atoms with Crippen LogP contribution in [0.25, 0.3) is 44.2 Å². The maximum absolute atomic E-state index is 6.71. The summed E-state index contributed by atoms with van der Waals surface area (Å²) >= 11 is 0. The molecule has 0 amide bonds. The summed E-state index contributed by atoms with van der Waals surface area (Å²) in [5.41, 5.74) is 17.3. The van der Waals surface area contributed by atoms with Gasteiger partial charge in [-0.05, 0) is 107 Å². The van der Waals surface area contributed by atoms with Crippen molar-refractivity contribution in [2.24, 2.45) is 5.92 Å². The fourth-order valence-electron chi connectivity index (χ4n) is 9.31. The zero-order valence-electron chi connectivity index (χ0n) is 31.8. The van der Waals surface area contributed by atoms with Crippen LogP contribution < -0.4 is 10.2 Å². The number of fused-ring (bicyclic) bond motifs is 5. The first-order valence-corrected chi connectivity index (χ1v) is 19.9. The SMILES string of the molecule is CC1C=CC(c2ccccc2NC2=CCC(N(C3=CC4=C(CC3)c3ccc(-c5ccccc5)cc3C4(C)C)c3cccc4c3oc3ccccc34)C=C2)=CC1. The van der Waals surface area contributed by atoms with Crippen molar-refractivity contribution < 1.29 is 4.42 Å². The van der Waals surface area contributed by atoms with Gasteiger partial charge in [-0.1, -0.05) is 142 Å². The highest BCUT2D eigenvalue weighted by Gasteiger charge is 2.40. The second kappa shape index (κ2) is 13.4. The Labute approximate surface area is 324 Å². The molecule has 0 aliphatic heterocycles. The number of nitrogens with zero attached hydrogens (tertiary/aromatic N) is 1. The van der Waals surface area contributed by atoms with E-state index in [-0.39, 0.29) is 11.5 Å². The molecule has 2 unspecified atom stereocenters. The number of anilines is 2. The third kappa shape index (κ3) is 5.81. The van der Waals surface area contributed by atoms with Crippen molar-refractivity contribution in [1.29, 1.82) is 0 Å². The van der Waals surface area contributed by atoms with Crippen LogP contribution in [0.4, 0.5) is 11.4 Å². The maximum Gasteiger partial charge on any atom is 0.159 e. The summed E-state index contributed by atoms with van der Waals surface area (Å²) in [6.45, 7) is 7.09. The summed E-state index contributed by atoms with van der Waals surface area (Å²) in [4.78, 5) is 2.58. The van der Waals surface area contributed by atoms with E-state index in [1.54, 1.807) is 0 Å². The Hall–Kier alpha value is -6.06. The van der Waals surface area contributed by atoms with Gasteiger partial charge in [0.05, 0.1) is 11.7 Å². The van der Waals surface area contributed by atoms with E-state index in [1.807, 2.05) is 0 Å². The number of hydrogen-bond acceptors (Lipinski definition) is 3. The van der Waals surface area contributed by atoms with E-state index in [4.69, 9.17) is 4.42 Å². The lowest BCUT2D eigenvalue weighted by molar-refractivity contribution is 0.640. The Morgan fingerprint density at radius 3 is 2.36 bits per heavy atom. The van der Waals surface area contributed by atoms with E-state index < -0.39 is 0 Å². The van der Waals surface area contributed by atoms with Crippen LogP contribution in [-0.2, 0) is 5.41 Å². The van der Waals surface area contributed by atoms with Crippen LogP contribution >= 0.6 is 0 Å². The van der Waals surface area contributed by atoms with Crippen LogP contribution in [0.5, 0.6) is 0 Å². The molecule has 55 heavy (non-hydrogen) atoms. The van der Waals surface area contributed by atoms with Gasteiger partial charge in [0.15, 0.2) is 5.58 Å². The smallest absolute Gasteiger partial charge is 0.159 e. The highest BCUT2D eigenvalue weighted by molar-refractivity contribution is 6.09. The van der Waals surface area contributed by atoms with Crippen molar-refractivity contribution in [1.82, 2.24) is 0 Å². The van der Waals surface area contributed by atoms with E-state index in [9.17, 15) is 0 Å². The third-order valence-corrected chi connectivity index (χ3v) is 12.3. The molecule has 3 heteroatoms. The van der Waals surface area contributed by atoms with Crippen LogP contribution in [0.15, 0.2) is 179 Å². The molecule has 270 valence electrons. The quantitative estimate of drug-likeness (QED) is 0.178. The molecule has 5 aromatic carbocycles. The molecule has 0 spiro atoms. The molecule has 10 rings (SSSR count). The summed E-state index contributed by atoms with van der Waals surface area (Å²) in [5, 5.41) is 6.11. The average Bonchev–Trinajstić information content (AvgIpc) is 3.72. The standard InChI is InChI=1S/C52H46N2O/c1-34-20-22-36(23-21-34)41-14-7-9-17-48(41)53-38-25-27-39(28-26-38)54(49-18-11-16-45-44-15-8-10-19-50(44)55-51(45)49)40-29-31-43-42-30-24-37(35-12-5-4-6-13-35)32-46(42)52(2,3)47(43)33-40/h4-20,22-27,30,32-34,39,53H,21,28-29,31H2,1-3H3. The summed E-state index contributed by atoms with van der Waals surface area (Å²) < 4.78 is 6.71. The van der Waals surface area contributed by atoms with Crippen LogP contribution in [-0.4, -0.2) is 6.04 Å². The number of nitrogens with one attached hydrogen (secondary N) is 1. The van der Waals surface area contributed by atoms with Gasteiger partial charge in [0, 0.05) is 38.8 Å². The van der Waals surface area contributed by atoms with Gasteiger partial charge in [0.2, 0.25) is 0 Å². The number of rotatable bonds is 7. The van der Waals surface area contributed by atoms with Crippen molar-refractivity contribution in [3.8, 4) is 11.1 Å². The Morgan fingerprint density at radius 2 is 1.53 bits per heavy atom. The summed E-state index contributed by atoms with van der Waals surface area (Å²) in [7, 11) is 0. The zero-order chi connectivity index (χ0) is 37.1. The minimum Gasteiger partial charge on any atom is -0.454 e. The maximum atomic E-state index is 6.71. The molecular formula is C52H46N2O. The Morgan fingerprint density at radius 1 is 0.709 bits per heavy atom. The fraction of sp³-hybridized carbons (Fsp3) is 0.192. The van der Waals surface area contributed by atoms with Crippen molar-refractivity contribution in [2.45, 2.75) is 57.9 Å². The lowest BCUT2D eigenvalue weighted by Gasteiger charge is -2.37. The minimum atomic E-state index is -0.119. The summed E-state index contributed by atoms with van der Waals surface area (Å²) in [5.74, 6) is 0.586. The normalized spacial score (nSPS) is 19.9. The minimum absolute atomic E-state index is 0.119. The molecule has 4 aliphatic carbocycles. The largest absolute Gasteiger partial charge is 0.454 e. The van der Waals surface area contributed by atoms with Gasteiger partial charge in [-0.2, -0.15) is 0 Å². The first-order valence-electron chi connectivity index (χ1n) is 19.9. The van der Waals surface area contributed by atoms with Crippen molar-refractivity contribution in [3.05, 3.63) is 191 Å². The Kier molecular flexibility index (Phi) is 8.13. The Balaban J connectivity index is 1.02. The first-order chi connectivity index (χ1) is 26.9. The van der Waals surface area contributed by atoms with Crippen molar-refractivity contribution in [3.63, 3.8) is 0 Å².